The molecule has 0 atom stereocenters. The molecule has 0 bridgehead atoms. The van der Waals surface area contributed by atoms with E-state index in [1.807, 2.05) is 0 Å². The van der Waals surface area contributed by atoms with Crippen LogP contribution in [0.5, 0.6) is 0 Å². The summed E-state index contributed by atoms with van der Waals surface area (Å²) in [5, 5.41) is 0. The zero-order valence-electron chi connectivity index (χ0n) is 12.0. The fraction of sp³-hybridized carbons (Fsp3) is 0.615. The van der Waals surface area contributed by atoms with Gasteiger partial charge in [-0.2, -0.15) is 0 Å². The largest absolute Gasteiger partial charge is 1.00 e. The van der Waals surface area contributed by atoms with Crippen molar-refractivity contribution >= 4 is 6.91 Å². The maximum absolute atomic E-state index is 2.32. The topological polar surface area (TPSA) is 0 Å². The Morgan fingerprint density at radius 1 is 0.933 bits per heavy atom. The molecule has 0 saturated heterocycles. The summed E-state index contributed by atoms with van der Waals surface area (Å²) < 4.78 is 0. The van der Waals surface area contributed by atoms with Crippen LogP contribution in [0.2, 0.25) is 0 Å². The summed E-state index contributed by atoms with van der Waals surface area (Å²) in [6, 6.07) is 0. The van der Waals surface area contributed by atoms with Crippen LogP contribution in [0.4, 0.5) is 0 Å². The Bertz CT molecular complexity index is 282. The van der Waals surface area contributed by atoms with Crippen LogP contribution in [0.1, 0.15) is 51.3 Å². The van der Waals surface area contributed by atoms with E-state index in [1.54, 1.807) is 22.1 Å². The van der Waals surface area contributed by atoms with Gasteiger partial charge in [0.05, 0.1) is 0 Å². The molecular weight excluding hydrogens is 190 g/mol. The summed E-state index contributed by atoms with van der Waals surface area (Å²) in [6.45, 7) is 11.4. The van der Waals surface area contributed by atoms with Crippen molar-refractivity contribution in [2.75, 3.05) is 0 Å². The Morgan fingerprint density at radius 2 is 1.53 bits per heavy atom. The fourth-order valence-electron chi connectivity index (χ4n) is 2.33. The van der Waals surface area contributed by atoms with Gasteiger partial charge >= 0.3 is 118 Å². The van der Waals surface area contributed by atoms with E-state index >= 15 is 0 Å². The van der Waals surface area contributed by atoms with E-state index in [9.17, 15) is 0 Å². The molecule has 0 amide bonds. The van der Waals surface area contributed by atoms with Crippen molar-refractivity contribution in [1.29, 1.82) is 0 Å². The third kappa shape index (κ3) is 3.44. The van der Waals surface area contributed by atoms with Crippen molar-refractivity contribution in [3.05, 3.63) is 28.1 Å². The molecule has 1 heterocycles. The summed E-state index contributed by atoms with van der Waals surface area (Å²) in [4.78, 5) is 0. The Morgan fingerprint density at radius 3 is 1.93 bits per heavy atom. The second-order valence-electron chi connectivity index (χ2n) is 3.76. The molecule has 0 saturated carbocycles. The molecule has 15 heavy (non-hydrogen) atoms. The molecule has 78 valence electrons. The van der Waals surface area contributed by atoms with Crippen molar-refractivity contribution in [1.82, 2.24) is 0 Å². The first-order valence-corrected chi connectivity index (χ1v) is 5.90. The first kappa shape index (κ1) is 15.4. The Hall–Kier alpha value is 0.415. The summed E-state index contributed by atoms with van der Waals surface area (Å²) in [5.41, 5.74) is 6.30. The van der Waals surface area contributed by atoms with Crippen molar-refractivity contribution < 1.29 is 31.0 Å². The van der Waals surface area contributed by atoms with E-state index in [0.29, 0.717) is 0 Å². The summed E-state index contributed by atoms with van der Waals surface area (Å²) in [6.07, 6.45) is 4.70. The minimum absolute atomic E-state index is 0. The van der Waals surface area contributed by atoms with Crippen molar-refractivity contribution in [3.63, 3.8) is 0 Å². The average Bonchev–Trinajstić information content (AvgIpc) is 2.26. The molecule has 0 aliphatic carbocycles. The predicted octanol–water partition coefficient (Wildman–Crippen LogP) is 0.391. The van der Waals surface area contributed by atoms with Gasteiger partial charge in [0.2, 0.25) is 0 Å². The van der Waals surface area contributed by atoms with Gasteiger partial charge < -0.3 is 1.43 Å². The molecule has 0 radical (unpaired) electrons. The molecule has 2 heteroatoms. The first-order chi connectivity index (χ1) is 6.78. The zero-order chi connectivity index (χ0) is 10.6. The minimum atomic E-state index is 0. The number of aryl methyl sites for hydroxylation is 2. The molecule has 0 aliphatic heterocycles. The number of hydrogen-bond donors (Lipinski definition) is 0. The van der Waals surface area contributed by atoms with Gasteiger partial charge in [0, 0.05) is 0 Å². The SMILES string of the molecule is CCc1bcc(CC)c(CC)c1CC.[H-].[Na+]. The van der Waals surface area contributed by atoms with E-state index in [2.05, 4.69) is 40.6 Å². The molecular formula is C13H22BNa. The van der Waals surface area contributed by atoms with Gasteiger partial charge in [-0.3, -0.25) is 0 Å². The molecule has 0 fully saturated rings. The van der Waals surface area contributed by atoms with Crippen LogP contribution < -0.4 is 29.6 Å². The molecule has 1 aromatic heterocycles. The molecule has 0 nitrogen and oxygen atoms in total. The van der Waals surface area contributed by atoms with Gasteiger partial charge in [-0.05, 0) is 0 Å². The van der Waals surface area contributed by atoms with Crippen LogP contribution in [0.3, 0.4) is 0 Å². The molecule has 1 rings (SSSR count). The minimum Gasteiger partial charge on any atom is -1.00 e. The van der Waals surface area contributed by atoms with E-state index in [-0.39, 0.29) is 31.0 Å². The van der Waals surface area contributed by atoms with Crippen LogP contribution in [-0.4, -0.2) is 6.91 Å². The van der Waals surface area contributed by atoms with Gasteiger partial charge in [0.1, 0.15) is 0 Å². The van der Waals surface area contributed by atoms with E-state index in [4.69, 9.17) is 0 Å². The van der Waals surface area contributed by atoms with Crippen LogP contribution in [0.25, 0.3) is 0 Å². The predicted molar refractivity (Wildman–Crippen MR) is 66.4 cm³/mol. The molecule has 0 N–H and O–H groups in total. The summed E-state index contributed by atoms with van der Waals surface area (Å²) in [7, 11) is 0. The van der Waals surface area contributed by atoms with Crippen LogP contribution in [-0.2, 0) is 25.7 Å². The van der Waals surface area contributed by atoms with Gasteiger partial charge in [0.15, 0.2) is 0 Å². The first-order valence-electron chi connectivity index (χ1n) is 5.90. The standard InChI is InChI=1S/C13H21B.Na.H/c1-5-10-9-14-13(8-4)12(7-3)11(10)6-2;;/h9H,5-8H2,1-4H3;;/q;+1;-1. The monoisotopic (exact) mass is 212 g/mol. The fourth-order valence-corrected chi connectivity index (χ4v) is 2.33. The molecule has 1 aromatic rings. The summed E-state index contributed by atoms with van der Waals surface area (Å²) in [5.74, 6) is 2.32. The Balaban J connectivity index is 0. The third-order valence-corrected chi connectivity index (χ3v) is 3.09. The van der Waals surface area contributed by atoms with E-state index < -0.39 is 0 Å². The van der Waals surface area contributed by atoms with Crippen molar-refractivity contribution in [2.45, 2.75) is 53.4 Å². The quantitative estimate of drug-likeness (QED) is 0.633. The number of hydrogen-bond acceptors (Lipinski definition) is 0. The smallest absolute Gasteiger partial charge is 1.00 e. The van der Waals surface area contributed by atoms with Crippen molar-refractivity contribution in [2.24, 2.45) is 0 Å². The van der Waals surface area contributed by atoms with Crippen molar-refractivity contribution in [3.8, 4) is 0 Å². The molecule has 0 aliphatic rings. The van der Waals surface area contributed by atoms with E-state index in [1.165, 1.54) is 25.7 Å². The normalized spacial score (nSPS) is 9.60. The molecule has 0 unspecified atom stereocenters. The van der Waals surface area contributed by atoms with Gasteiger partial charge in [-0.1, -0.05) is 0 Å². The van der Waals surface area contributed by atoms with Crippen LogP contribution in [0, 0.1) is 0 Å². The van der Waals surface area contributed by atoms with Gasteiger partial charge in [0.25, 0.3) is 0 Å². The summed E-state index contributed by atoms with van der Waals surface area (Å²) >= 11 is 0. The van der Waals surface area contributed by atoms with Gasteiger partial charge in [-0.25, -0.2) is 0 Å². The average molecular weight is 212 g/mol. The van der Waals surface area contributed by atoms with Crippen LogP contribution in [0.15, 0.2) is 5.96 Å². The maximum atomic E-state index is 2.32. The van der Waals surface area contributed by atoms with E-state index in [0.717, 1.165) is 0 Å². The third-order valence-electron chi connectivity index (χ3n) is 3.09. The maximum Gasteiger partial charge on any atom is 1.00 e. The Kier molecular flexibility index (Phi) is 7.86. The second-order valence-corrected chi connectivity index (χ2v) is 3.76. The molecule has 0 aromatic carbocycles. The number of rotatable bonds is 4. The second kappa shape index (κ2) is 7.65. The molecule has 0 spiro atoms. The van der Waals surface area contributed by atoms with Gasteiger partial charge in [-0.15, -0.1) is 0 Å². The Labute approximate surface area is 119 Å². The zero-order valence-corrected chi connectivity index (χ0v) is 13.0. The van der Waals surface area contributed by atoms with Crippen LogP contribution >= 0.6 is 0 Å².